The van der Waals surface area contributed by atoms with Gasteiger partial charge >= 0.3 is 6.03 Å². The molecule has 0 radical (unpaired) electrons. The third-order valence-electron chi connectivity index (χ3n) is 2.80. The van der Waals surface area contributed by atoms with E-state index in [-0.39, 0.29) is 11.8 Å². The zero-order valence-corrected chi connectivity index (χ0v) is 13.1. The summed E-state index contributed by atoms with van der Waals surface area (Å²) in [5, 5.41) is 5.53. The van der Waals surface area contributed by atoms with E-state index in [1.807, 2.05) is 25.1 Å². The lowest BCUT2D eigenvalue weighted by Gasteiger charge is -2.10. The van der Waals surface area contributed by atoms with Gasteiger partial charge < -0.3 is 10.6 Å². The summed E-state index contributed by atoms with van der Waals surface area (Å²) in [6.45, 7) is 2.30. The lowest BCUT2D eigenvalue weighted by atomic mass is 10.2. The highest BCUT2D eigenvalue weighted by Crippen LogP contribution is 2.17. The van der Waals surface area contributed by atoms with Gasteiger partial charge in [0.1, 0.15) is 5.82 Å². The van der Waals surface area contributed by atoms with Gasteiger partial charge in [0.25, 0.3) is 0 Å². The lowest BCUT2D eigenvalue weighted by Crippen LogP contribution is -2.28. The van der Waals surface area contributed by atoms with Crippen molar-refractivity contribution in [2.45, 2.75) is 13.5 Å². The highest BCUT2D eigenvalue weighted by atomic mass is 127. The molecule has 104 valence electrons. The Labute approximate surface area is 130 Å². The van der Waals surface area contributed by atoms with Crippen molar-refractivity contribution in [1.29, 1.82) is 0 Å². The predicted molar refractivity (Wildman–Crippen MR) is 86.2 cm³/mol. The first-order chi connectivity index (χ1) is 9.54. The molecule has 0 fully saturated rings. The van der Waals surface area contributed by atoms with E-state index in [0.29, 0.717) is 6.54 Å². The molecule has 2 aromatic rings. The van der Waals surface area contributed by atoms with Gasteiger partial charge in [0, 0.05) is 15.8 Å². The molecule has 2 amide bonds. The topological polar surface area (TPSA) is 41.1 Å². The predicted octanol–water partition coefficient (Wildman–Crippen LogP) is 4.06. The van der Waals surface area contributed by atoms with Gasteiger partial charge in [-0.15, -0.1) is 0 Å². The summed E-state index contributed by atoms with van der Waals surface area (Å²) >= 11 is 2.22. The van der Waals surface area contributed by atoms with Crippen molar-refractivity contribution in [3.63, 3.8) is 0 Å². The molecule has 3 nitrogen and oxygen atoms in total. The number of hydrogen-bond donors (Lipinski definition) is 2. The molecule has 0 atom stereocenters. The van der Waals surface area contributed by atoms with Crippen LogP contribution in [0.15, 0.2) is 42.5 Å². The lowest BCUT2D eigenvalue weighted by molar-refractivity contribution is 0.251. The zero-order chi connectivity index (χ0) is 14.5. The molecule has 0 aliphatic heterocycles. The van der Waals surface area contributed by atoms with Crippen molar-refractivity contribution in [1.82, 2.24) is 5.32 Å². The van der Waals surface area contributed by atoms with Crippen LogP contribution in [-0.2, 0) is 6.54 Å². The van der Waals surface area contributed by atoms with E-state index in [4.69, 9.17) is 0 Å². The van der Waals surface area contributed by atoms with Gasteiger partial charge in [0.05, 0.1) is 0 Å². The van der Waals surface area contributed by atoms with E-state index in [2.05, 4.69) is 33.2 Å². The van der Waals surface area contributed by atoms with Gasteiger partial charge in [-0.1, -0.05) is 12.1 Å². The van der Waals surface area contributed by atoms with Crippen molar-refractivity contribution in [3.8, 4) is 0 Å². The summed E-state index contributed by atoms with van der Waals surface area (Å²) in [7, 11) is 0. The Morgan fingerprint density at radius 1 is 1.20 bits per heavy atom. The van der Waals surface area contributed by atoms with E-state index in [0.717, 1.165) is 20.4 Å². The van der Waals surface area contributed by atoms with E-state index < -0.39 is 0 Å². The zero-order valence-electron chi connectivity index (χ0n) is 10.9. The number of nitrogens with one attached hydrogen (secondary N) is 2. The Hall–Kier alpha value is -1.63. The standard InChI is InChI=1S/C15H14FIN2O/c1-10-8-13(17)6-7-14(10)19-15(20)18-9-11-2-4-12(16)5-3-11/h2-8H,9H2,1H3,(H2,18,19,20). The van der Waals surface area contributed by atoms with E-state index >= 15 is 0 Å². The molecular weight excluding hydrogens is 370 g/mol. The average molecular weight is 384 g/mol. The number of anilines is 1. The van der Waals surface area contributed by atoms with Gasteiger partial charge in [0.2, 0.25) is 0 Å². The van der Waals surface area contributed by atoms with Crippen molar-refractivity contribution < 1.29 is 9.18 Å². The fourth-order valence-corrected chi connectivity index (χ4v) is 2.37. The third-order valence-corrected chi connectivity index (χ3v) is 3.47. The van der Waals surface area contributed by atoms with Crippen LogP contribution in [0.3, 0.4) is 0 Å². The number of hydrogen-bond acceptors (Lipinski definition) is 1. The van der Waals surface area contributed by atoms with Gasteiger partial charge in [-0.05, 0) is 71.0 Å². The van der Waals surface area contributed by atoms with Crippen LogP contribution in [0, 0.1) is 16.3 Å². The summed E-state index contributed by atoms with van der Waals surface area (Å²) in [6.07, 6.45) is 0. The molecule has 0 saturated heterocycles. The van der Waals surface area contributed by atoms with E-state index in [9.17, 15) is 9.18 Å². The van der Waals surface area contributed by atoms with Crippen molar-refractivity contribution in [2.75, 3.05) is 5.32 Å². The number of halogens is 2. The summed E-state index contributed by atoms with van der Waals surface area (Å²) in [5.74, 6) is -0.285. The fraction of sp³-hybridized carbons (Fsp3) is 0.133. The molecule has 0 aromatic heterocycles. The average Bonchev–Trinajstić information content (AvgIpc) is 2.41. The first kappa shape index (κ1) is 14.8. The molecule has 2 aromatic carbocycles. The highest BCUT2D eigenvalue weighted by molar-refractivity contribution is 14.1. The van der Waals surface area contributed by atoms with Crippen LogP contribution in [0.1, 0.15) is 11.1 Å². The molecule has 2 rings (SSSR count). The molecule has 0 saturated carbocycles. The van der Waals surface area contributed by atoms with Crippen LogP contribution in [0.2, 0.25) is 0 Å². The highest BCUT2D eigenvalue weighted by Gasteiger charge is 2.04. The number of rotatable bonds is 3. The number of benzene rings is 2. The Bertz CT molecular complexity index is 614. The van der Waals surface area contributed by atoms with E-state index in [1.54, 1.807) is 12.1 Å². The van der Waals surface area contributed by atoms with Crippen LogP contribution >= 0.6 is 22.6 Å². The summed E-state index contributed by atoms with van der Waals surface area (Å²) < 4.78 is 13.9. The van der Waals surface area contributed by atoms with Crippen molar-refractivity contribution in [3.05, 3.63) is 63.0 Å². The molecule has 0 unspecified atom stereocenters. The van der Waals surface area contributed by atoms with Crippen molar-refractivity contribution in [2.24, 2.45) is 0 Å². The van der Waals surface area contributed by atoms with E-state index in [1.165, 1.54) is 12.1 Å². The Morgan fingerprint density at radius 2 is 1.90 bits per heavy atom. The fourth-order valence-electron chi connectivity index (χ4n) is 1.72. The number of carbonyl (C=O) groups excluding carboxylic acids is 1. The third kappa shape index (κ3) is 4.19. The molecule has 0 aliphatic carbocycles. The van der Waals surface area contributed by atoms with Crippen LogP contribution < -0.4 is 10.6 Å². The molecule has 20 heavy (non-hydrogen) atoms. The van der Waals surface area contributed by atoms with Gasteiger partial charge in [-0.3, -0.25) is 0 Å². The first-order valence-electron chi connectivity index (χ1n) is 6.10. The SMILES string of the molecule is Cc1cc(I)ccc1NC(=O)NCc1ccc(F)cc1. The monoisotopic (exact) mass is 384 g/mol. The van der Waals surface area contributed by atoms with Gasteiger partial charge in [-0.25, -0.2) is 9.18 Å². The molecular formula is C15H14FIN2O. The number of aryl methyl sites for hydroxylation is 1. The molecule has 5 heteroatoms. The summed E-state index contributed by atoms with van der Waals surface area (Å²) in [5.41, 5.74) is 2.64. The second kappa shape index (κ2) is 6.69. The van der Waals surface area contributed by atoms with Crippen LogP contribution in [0.4, 0.5) is 14.9 Å². The van der Waals surface area contributed by atoms with Crippen LogP contribution in [0.25, 0.3) is 0 Å². The normalized spacial score (nSPS) is 10.2. The van der Waals surface area contributed by atoms with Crippen molar-refractivity contribution >= 4 is 34.3 Å². The number of carbonyl (C=O) groups is 1. The smallest absolute Gasteiger partial charge is 0.319 e. The maximum Gasteiger partial charge on any atom is 0.319 e. The maximum atomic E-state index is 12.7. The summed E-state index contributed by atoms with van der Waals surface area (Å²) in [4.78, 5) is 11.8. The largest absolute Gasteiger partial charge is 0.334 e. The first-order valence-corrected chi connectivity index (χ1v) is 7.18. The second-order valence-corrected chi connectivity index (χ2v) is 5.64. The van der Waals surface area contributed by atoms with Crippen LogP contribution in [0.5, 0.6) is 0 Å². The van der Waals surface area contributed by atoms with Gasteiger partial charge in [-0.2, -0.15) is 0 Å². The quantitative estimate of drug-likeness (QED) is 0.770. The minimum absolute atomic E-state index is 0.279. The molecule has 0 aliphatic rings. The summed E-state index contributed by atoms with van der Waals surface area (Å²) in [6, 6.07) is 11.6. The Morgan fingerprint density at radius 3 is 2.55 bits per heavy atom. The molecule has 0 heterocycles. The molecule has 0 spiro atoms. The van der Waals surface area contributed by atoms with Crippen LogP contribution in [-0.4, -0.2) is 6.03 Å². The maximum absolute atomic E-state index is 12.7. The molecule has 2 N–H and O–H groups in total. The Kier molecular flexibility index (Phi) is 4.94. The minimum Gasteiger partial charge on any atom is -0.334 e. The van der Waals surface area contributed by atoms with Gasteiger partial charge in [0.15, 0.2) is 0 Å². The second-order valence-electron chi connectivity index (χ2n) is 4.39. The number of urea groups is 1. The number of amides is 2. The molecule has 0 bridgehead atoms. The Balaban J connectivity index is 1.90. The minimum atomic E-state index is -0.285.